The number of aromatic amines is 3. The molecule has 42 nitrogen and oxygen atoms in total. The van der Waals surface area contributed by atoms with Crippen molar-refractivity contribution in [1.82, 2.24) is 58.9 Å². The smallest absolute Gasteiger partial charge is 0.459 e. The van der Waals surface area contributed by atoms with Crippen molar-refractivity contribution in [3.63, 3.8) is 0 Å². The zero-order chi connectivity index (χ0) is 87.8. The molecule has 656 valence electrons. The molecular formula is C73H94F3N18O24P3. The van der Waals surface area contributed by atoms with Crippen LogP contribution in [-0.2, 0) is 70.1 Å². The number of benzene rings is 3. The van der Waals surface area contributed by atoms with Crippen molar-refractivity contribution in [3.8, 4) is 17.2 Å². The predicted molar refractivity (Wildman–Crippen MR) is 427 cm³/mol. The molecule has 6 aromatic heterocycles. The fourth-order valence-electron chi connectivity index (χ4n) is 13.9. The van der Waals surface area contributed by atoms with Crippen LogP contribution in [0, 0.1) is 0 Å². The van der Waals surface area contributed by atoms with Gasteiger partial charge in [0.15, 0.2) is 48.1 Å². The van der Waals surface area contributed by atoms with Crippen LogP contribution in [0.15, 0.2) is 142 Å². The van der Waals surface area contributed by atoms with Crippen molar-refractivity contribution in [1.29, 1.82) is 0 Å². The van der Waals surface area contributed by atoms with Gasteiger partial charge in [-0.05, 0) is 124 Å². The largest absolute Gasteiger partial charge is 0.462 e. The van der Waals surface area contributed by atoms with Gasteiger partial charge in [-0.25, -0.2) is 26.9 Å². The maximum Gasteiger partial charge on any atom is 0.459 e. The van der Waals surface area contributed by atoms with E-state index < -0.39 is 205 Å². The van der Waals surface area contributed by atoms with E-state index in [4.69, 9.17) is 78.5 Å². The van der Waals surface area contributed by atoms with Crippen LogP contribution in [0.4, 0.5) is 31.0 Å². The molecule has 0 saturated carbocycles. The van der Waals surface area contributed by atoms with E-state index in [1.807, 2.05) is 0 Å². The molecular weight excluding hydrogens is 1660 g/mol. The van der Waals surface area contributed by atoms with Crippen molar-refractivity contribution >= 4 is 92.1 Å². The lowest BCUT2D eigenvalue weighted by Gasteiger charge is -2.31. The molecule has 3 aliphatic heterocycles. The van der Waals surface area contributed by atoms with E-state index in [1.165, 1.54) is 150 Å². The lowest BCUT2D eigenvalue weighted by molar-refractivity contribution is -0.149. The minimum absolute atomic E-state index is 0.0230. The summed E-state index contributed by atoms with van der Waals surface area (Å²) in [4.78, 5) is 102. The number of aliphatic hydroxyl groups is 3. The number of esters is 3. The number of nitrogens with one attached hydrogen (secondary N) is 8. The first-order chi connectivity index (χ1) is 57.1. The Bertz CT molecular complexity index is 5550. The number of anilines is 3. The molecule has 9 aromatic rings. The monoisotopic (exact) mass is 1760 g/mol. The van der Waals surface area contributed by atoms with Gasteiger partial charge in [0.1, 0.15) is 109 Å². The van der Waals surface area contributed by atoms with Gasteiger partial charge in [0.25, 0.3) is 16.7 Å². The number of para-hydroxylation sites is 3. The summed E-state index contributed by atoms with van der Waals surface area (Å²) in [6.07, 6.45) is -19.6. The number of aliphatic hydroxyl groups excluding tert-OH is 3. The lowest BCUT2D eigenvalue weighted by Crippen LogP contribution is -2.57. The Labute approximate surface area is 686 Å². The topological polar surface area (TPSA) is 590 Å². The summed E-state index contributed by atoms with van der Waals surface area (Å²) < 4.78 is 165. The third-order valence-electron chi connectivity index (χ3n) is 20.0. The Hall–Kier alpha value is -9.99. The number of hydrogen-bond donors (Lipinski definition) is 15. The van der Waals surface area contributed by atoms with Gasteiger partial charge in [0, 0.05) is 18.6 Å². The molecule has 6 unspecified atom stereocenters. The molecule has 0 spiro atoms. The van der Waals surface area contributed by atoms with E-state index in [0.717, 1.165) is 4.57 Å². The van der Waals surface area contributed by atoms with Gasteiger partial charge in [-0.2, -0.15) is 30.2 Å². The van der Waals surface area contributed by atoms with Crippen LogP contribution in [0.2, 0.25) is 0 Å². The van der Waals surface area contributed by atoms with E-state index in [0.29, 0.717) is 0 Å². The number of hydrogen-bond acceptors (Lipinski definition) is 33. The van der Waals surface area contributed by atoms with Crippen LogP contribution < -0.4 is 79.1 Å². The van der Waals surface area contributed by atoms with Crippen LogP contribution in [0.1, 0.15) is 87.9 Å². The third-order valence-corrected chi connectivity index (χ3v) is 25.3. The second-order valence-electron chi connectivity index (χ2n) is 29.7. The maximum atomic E-state index is 15.7. The van der Waals surface area contributed by atoms with Gasteiger partial charge in [-0.1, -0.05) is 54.6 Å². The fourth-order valence-corrected chi connectivity index (χ4v) is 19.0. The predicted octanol–water partition coefficient (Wildman–Crippen LogP) is 4.82. The molecule has 9 heterocycles. The maximum absolute atomic E-state index is 15.7. The van der Waals surface area contributed by atoms with Crippen molar-refractivity contribution in [2.75, 3.05) is 36.4 Å². The van der Waals surface area contributed by atoms with Gasteiger partial charge >= 0.3 is 41.1 Å². The first-order valence-electron chi connectivity index (χ1n) is 37.9. The van der Waals surface area contributed by atoms with Gasteiger partial charge in [-0.15, -0.1) is 0 Å². The normalized spacial score (nSPS) is 26.5. The SMILES string of the molecule is CC(C)OC(=O)[C@H](C)NP(=O)(Oc1ccccc1)O[C@@H](C)[C@H]1O[C@@H](n2ccc3c(=O)[nH]c(NC(C)OC(=O)[C@H](C)N[P@@](=O)(Oc4ccccc4)O[C@@H](C)[C@H]4O[C@@H](n5ccc6c(=O)[nH]c(NC(C)OC(=O)[C@H](C)N[P@](=O)(Oc7ccccc7)O[C@@H](C)[C@H]7O[C@@H](n8ccc9c(=O)[nH]c(N)nc98)[C@@](N)(CF)C7O)nc65)[C@@](N)(CF)C4O)nc32)[C@@](N)(CF)C1O. The average molecular weight is 1760 g/mol. The van der Waals surface area contributed by atoms with Crippen molar-refractivity contribution in [3.05, 3.63) is 159 Å². The summed E-state index contributed by atoms with van der Waals surface area (Å²) in [5.41, 5.74) is 16.0. The zero-order valence-electron chi connectivity index (χ0n) is 66.5. The van der Waals surface area contributed by atoms with Crippen LogP contribution in [0.25, 0.3) is 33.1 Å². The summed E-state index contributed by atoms with van der Waals surface area (Å²) in [5, 5.41) is 48.2. The molecule has 3 saturated heterocycles. The summed E-state index contributed by atoms with van der Waals surface area (Å²) in [7, 11) is -14.4. The number of halogens is 3. The summed E-state index contributed by atoms with van der Waals surface area (Å²) in [6, 6.07) is 22.3. The van der Waals surface area contributed by atoms with E-state index in [-0.39, 0.29) is 68.2 Å². The molecule has 121 heavy (non-hydrogen) atoms. The number of carbonyl (C=O) groups is 3. The van der Waals surface area contributed by atoms with E-state index in [1.54, 1.807) is 56.3 Å². The lowest BCUT2D eigenvalue weighted by atomic mass is 9.91. The molecule has 0 aliphatic carbocycles. The Morgan fingerprint density at radius 2 is 0.744 bits per heavy atom. The molecule has 48 heteroatoms. The number of nitrogen functional groups attached to an aromatic ring is 1. The second-order valence-corrected chi connectivity index (χ2v) is 34.7. The molecule has 12 rings (SSSR count). The van der Waals surface area contributed by atoms with Crippen LogP contribution in [-0.4, -0.2) is 205 Å². The second kappa shape index (κ2) is 36.2. The molecule has 23 atom stereocenters. The Balaban J connectivity index is 0.699. The minimum atomic E-state index is -4.93. The highest BCUT2D eigenvalue weighted by Crippen LogP contribution is 2.53. The number of H-pyrrole nitrogens is 3. The number of nitrogens with two attached hydrogens (primary N) is 4. The number of fused-ring (bicyclic) bond motifs is 3. The molecule has 19 N–H and O–H groups in total. The van der Waals surface area contributed by atoms with Crippen molar-refractivity contribution in [2.24, 2.45) is 17.2 Å². The van der Waals surface area contributed by atoms with Gasteiger partial charge in [0.2, 0.25) is 17.8 Å². The molecule has 0 bridgehead atoms. The van der Waals surface area contributed by atoms with Gasteiger partial charge in [0.05, 0.1) is 40.6 Å². The van der Waals surface area contributed by atoms with Gasteiger partial charge < -0.3 is 105 Å². The molecule has 3 fully saturated rings. The Morgan fingerprint density at radius 3 is 1.03 bits per heavy atom. The first kappa shape index (κ1) is 90.2. The number of ether oxygens (including phenoxy) is 6. The molecule has 3 aliphatic rings. The molecule has 3 aromatic carbocycles. The summed E-state index contributed by atoms with van der Waals surface area (Å²) in [6.45, 7) is 9.28. The van der Waals surface area contributed by atoms with Crippen LogP contribution >= 0.6 is 23.2 Å². The number of aromatic nitrogens is 9. The fraction of sp³-hybridized carbons (Fsp3) is 0.466. The first-order valence-corrected chi connectivity index (χ1v) is 42.5. The zero-order valence-corrected chi connectivity index (χ0v) is 69.2. The van der Waals surface area contributed by atoms with E-state index in [2.05, 4.69) is 55.8 Å². The van der Waals surface area contributed by atoms with Crippen molar-refractivity contribution in [2.45, 2.75) is 196 Å². The van der Waals surface area contributed by atoms with E-state index in [9.17, 15) is 53.2 Å². The Morgan fingerprint density at radius 1 is 0.463 bits per heavy atom. The molecule has 0 amide bonds. The number of alkyl halides is 3. The van der Waals surface area contributed by atoms with Crippen molar-refractivity contribution < 1.29 is 112 Å². The highest BCUT2D eigenvalue weighted by molar-refractivity contribution is 7.52. The van der Waals surface area contributed by atoms with Gasteiger partial charge in [-0.3, -0.25) is 57.3 Å². The van der Waals surface area contributed by atoms with E-state index >= 15 is 17.7 Å². The highest BCUT2D eigenvalue weighted by atomic mass is 31.2. The summed E-state index contributed by atoms with van der Waals surface area (Å²) in [5.74, 6) is -4.05. The standard InChI is InChI=1S/C73H94F3N18O24P3/c1-35(2)107-62(101)36(3)89-119(104,116-44-20-14-11-15-21-44)113-40(7)51-54(96)72(79,33-75)66(111-51)93-30-27-48-57(93)84-69(87-60(48)99)82-43(10)109-64(103)38(5)91-121(106,118-46-24-18-13-19-25-46)115-41(8)52-55(97)73(80,34-76)67(112-52)94-31-28-49-58(94)85-70(88-61(49)100)81-42(9)108-63(102)37(4)90-120(105,117-45-22-16-12-17-23-45)114-39(6)50-53(95)71(78,32-74)65(110-50)92-29-26-47-56(92)83-68(77)86-59(47)98/h11-31,35-43,50-55,65-67,95-97H,32-34,78-80H2,1-10H3,(H,89,104)(H,90,105)(H,91,106)(H3,77,83,86,98)(H2,81,85,88,100)(H2,82,84,87,99)/t36-,37-,38-,39-,40-,41-,42?,43?,50+,51+,52+,53?,54?,55?,65+,66+,67+,71+,72+,73+,119?,120+,121-/m0/s1. The van der Waals surface area contributed by atoms with Crippen LogP contribution in [0.3, 0.4) is 0 Å². The number of rotatable bonds is 37. The Kier molecular flexibility index (Phi) is 27.0. The number of carbonyl (C=O) groups excluding carboxylic acids is 3. The highest BCUT2D eigenvalue weighted by Gasteiger charge is 2.61. The minimum Gasteiger partial charge on any atom is -0.462 e. The number of nitrogens with zero attached hydrogens (tertiary/aromatic N) is 6. The molecule has 0 radical (unpaired) electrons. The average Bonchev–Trinajstić information content (AvgIpc) is 1.59. The quantitative estimate of drug-likeness (QED) is 0.0107. The third kappa shape index (κ3) is 19.1. The summed E-state index contributed by atoms with van der Waals surface area (Å²) >= 11 is 0. The van der Waals surface area contributed by atoms with Crippen LogP contribution in [0.5, 0.6) is 17.2 Å².